The number of hydrogen-bond acceptors (Lipinski definition) is 5. The van der Waals surface area contributed by atoms with Gasteiger partial charge in [0.15, 0.2) is 0 Å². The molecule has 0 aromatic heterocycles. The van der Waals surface area contributed by atoms with E-state index in [1.165, 1.54) is 4.90 Å². The molecule has 0 spiro atoms. The smallest absolute Gasteiger partial charge is 0.244 e. The van der Waals surface area contributed by atoms with Crippen molar-refractivity contribution in [3.05, 3.63) is 60.2 Å². The maximum Gasteiger partial charge on any atom is 0.244 e. The third-order valence-corrected chi connectivity index (χ3v) is 7.22. The minimum atomic E-state index is -3.73. The largest absolute Gasteiger partial charge is 0.497 e. The molecule has 184 valence electrons. The van der Waals surface area contributed by atoms with Crippen molar-refractivity contribution >= 4 is 27.5 Å². The van der Waals surface area contributed by atoms with Crippen LogP contribution in [0.1, 0.15) is 38.2 Å². The van der Waals surface area contributed by atoms with Gasteiger partial charge >= 0.3 is 0 Å². The Kier molecular flexibility index (Phi) is 8.55. The molecule has 34 heavy (non-hydrogen) atoms. The molecule has 0 heterocycles. The van der Waals surface area contributed by atoms with E-state index in [9.17, 15) is 18.0 Å². The van der Waals surface area contributed by atoms with Crippen molar-refractivity contribution in [2.45, 2.75) is 51.2 Å². The third-order valence-electron chi connectivity index (χ3n) is 6.08. The normalized spacial score (nSPS) is 14.9. The molecule has 2 amide bonds. The Bertz CT molecular complexity index is 1080. The number of benzene rings is 2. The lowest BCUT2D eigenvalue weighted by Crippen LogP contribution is -2.52. The highest BCUT2D eigenvalue weighted by atomic mass is 32.2. The molecule has 1 atom stereocenters. The molecule has 1 aliphatic carbocycles. The van der Waals surface area contributed by atoms with Gasteiger partial charge in [-0.3, -0.25) is 13.9 Å². The number of ether oxygens (including phenoxy) is 1. The topological polar surface area (TPSA) is 96.0 Å². The average Bonchev–Trinajstić information content (AvgIpc) is 3.33. The van der Waals surface area contributed by atoms with Crippen molar-refractivity contribution in [1.82, 2.24) is 10.2 Å². The molecule has 9 heteroatoms. The molecule has 0 unspecified atom stereocenters. The summed E-state index contributed by atoms with van der Waals surface area (Å²) in [4.78, 5) is 28.0. The van der Waals surface area contributed by atoms with Gasteiger partial charge in [0.25, 0.3) is 0 Å². The second kappa shape index (κ2) is 11.4. The van der Waals surface area contributed by atoms with Crippen molar-refractivity contribution in [3.8, 4) is 5.75 Å². The number of sulfonamides is 1. The Hall–Kier alpha value is -3.07. The van der Waals surface area contributed by atoms with Crippen LogP contribution in [0.4, 0.5) is 5.69 Å². The van der Waals surface area contributed by atoms with Crippen LogP contribution in [0.15, 0.2) is 54.6 Å². The van der Waals surface area contributed by atoms with Crippen LogP contribution in [0.3, 0.4) is 0 Å². The van der Waals surface area contributed by atoms with Gasteiger partial charge in [-0.15, -0.1) is 0 Å². The van der Waals surface area contributed by atoms with Gasteiger partial charge in [0.1, 0.15) is 18.3 Å². The van der Waals surface area contributed by atoms with E-state index in [0.717, 1.165) is 41.8 Å². The zero-order chi connectivity index (χ0) is 24.7. The predicted molar refractivity (Wildman–Crippen MR) is 132 cm³/mol. The van der Waals surface area contributed by atoms with Gasteiger partial charge in [-0.25, -0.2) is 8.42 Å². The number of carbonyl (C=O) groups excluding carboxylic acids is 2. The molecule has 1 saturated carbocycles. The molecule has 0 aliphatic heterocycles. The SMILES string of the molecule is COc1cccc(CN(C(=O)CN(c2ccccc2)S(C)(=O)=O)[C@@H](C)C(=O)NC2CCCC2)c1. The fourth-order valence-corrected chi connectivity index (χ4v) is 5.00. The number of anilines is 1. The van der Waals surface area contributed by atoms with E-state index in [2.05, 4.69) is 5.32 Å². The highest BCUT2D eigenvalue weighted by molar-refractivity contribution is 7.92. The second-order valence-corrected chi connectivity index (χ2v) is 10.6. The van der Waals surface area contributed by atoms with Crippen molar-refractivity contribution in [3.63, 3.8) is 0 Å². The maximum atomic E-state index is 13.5. The van der Waals surface area contributed by atoms with Crippen LogP contribution in [0.2, 0.25) is 0 Å². The maximum absolute atomic E-state index is 13.5. The second-order valence-electron chi connectivity index (χ2n) is 8.64. The summed E-state index contributed by atoms with van der Waals surface area (Å²) in [5, 5.41) is 3.05. The first kappa shape index (κ1) is 25.6. The van der Waals surface area contributed by atoms with E-state index >= 15 is 0 Å². The highest BCUT2D eigenvalue weighted by Crippen LogP contribution is 2.21. The Morgan fingerprint density at radius 1 is 1.09 bits per heavy atom. The summed E-state index contributed by atoms with van der Waals surface area (Å²) in [7, 11) is -2.17. The van der Waals surface area contributed by atoms with Crippen LogP contribution in [0, 0.1) is 0 Å². The third kappa shape index (κ3) is 6.72. The van der Waals surface area contributed by atoms with E-state index in [1.54, 1.807) is 56.5 Å². The van der Waals surface area contributed by atoms with Gasteiger partial charge in [0.05, 0.1) is 19.1 Å². The summed E-state index contributed by atoms with van der Waals surface area (Å²) in [5.74, 6) is -0.0741. The van der Waals surface area contributed by atoms with Gasteiger partial charge in [-0.05, 0) is 49.6 Å². The monoisotopic (exact) mass is 487 g/mol. The van der Waals surface area contributed by atoms with Gasteiger partial charge in [0, 0.05) is 12.6 Å². The molecule has 1 N–H and O–H groups in total. The van der Waals surface area contributed by atoms with Gasteiger partial charge in [0.2, 0.25) is 21.8 Å². The molecule has 3 rings (SSSR count). The fraction of sp³-hybridized carbons (Fsp3) is 0.440. The number of para-hydroxylation sites is 1. The number of nitrogens with zero attached hydrogens (tertiary/aromatic N) is 2. The number of nitrogens with one attached hydrogen (secondary N) is 1. The lowest BCUT2D eigenvalue weighted by molar-refractivity contribution is -0.139. The molecule has 2 aromatic carbocycles. The summed E-state index contributed by atoms with van der Waals surface area (Å²) < 4.78 is 31.4. The van der Waals surface area contributed by atoms with Gasteiger partial charge < -0.3 is 15.0 Å². The number of hydrogen-bond donors (Lipinski definition) is 1. The van der Waals surface area contributed by atoms with E-state index in [0.29, 0.717) is 11.4 Å². The molecule has 8 nitrogen and oxygen atoms in total. The molecule has 0 bridgehead atoms. The first-order valence-corrected chi connectivity index (χ1v) is 13.3. The van der Waals surface area contributed by atoms with Crippen molar-refractivity contribution in [2.24, 2.45) is 0 Å². The molecule has 2 aromatic rings. The quantitative estimate of drug-likeness (QED) is 0.556. The summed E-state index contributed by atoms with van der Waals surface area (Å²) in [6, 6.07) is 15.1. The Labute approximate surface area is 201 Å². The standard InChI is InChI=1S/C25H33N3O5S/c1-19(25(30)26-21-11-7-8-12-21)27(17-20-10-9-15-23(16-20)33-2)24(29)18-28(34(3,31)32)22-13-5-4-6-14-22/h4-6,9-10,13-16,19,21H,7-8,11-12,17-18H2,1-3H3,(H,26,30)/t19-/m0/s1. The molecule has 1 fully saturated rings. The lowest BCUT2D eigenvalue weighted by Gasteiger charge is -2.32. The molecule has 0 saturated heterocycles. The summed E-state index contributed by atoms with van der Waals surface area (Å²) in [6.45, 7) is 1.41. The summed E-state index contributed by atoms with van der Waals surface area (Å²) in [5.41, 5.74) is 1.17. The predicted octanol–water partition coefficient (Wildman–Crippen LogP) is 2.94. The number of carbonyl (C=O) groups is 2. The molecule has 1 aliphatic rings. The van der Waals surface area contributed by atoms with Crippen LogP contribution in [0.25, 0.3) is 0 Å². The zero-order valence-corrected chi connectivity index (χ0v) is 20.8. The average molecular weight is 488 g/mol. The van der Waals surface area contributed by atoms with Crippen LogP contribution in [-0.4, -0.2) is 57.1 Å². The minimum absolute atomic E-state index is 0.112. The zero-order valence-electron chi connectivity index (χ0n) is 19.9. The fourth-order valence-electron chi connectivity index (χ4n) is 4.15. The first-order valence-electron chi connectivity index (χ1n) is 11.4. The minimum Gasteiger partial charge on any atom is -0.497 e. The van der Waals surface area contributed by atoms with Crippen molar-refractivity contribution in [1.29, 1.82) is 0 Å². The Balaban J connectivity index is 1.87. The van der Waals surface area contributed by atoms with Gasteiger partial charge in [-0.2, -0.15) is 0 Å². The van der Waals surface area contributed by atoms with E-state index < -0.39 is 28.5 Å². The summed E-state index contributed by atoms with van der Waals surface area (Å²) >= 11 is 0. The summed E-state index contributed by atoms with van der Waals surface area (Å²) in [6.07, 6.45) is 5.07. The van der Waals surface area contributed by atoms with Gasteiger partial charge in [-0.1, -0.05) is 43.2 Å². The van der Waals surface area contributed by atoms with Crippen LogP contribution >= 0.6 is 0 Å². The van der Waals surface area contributed by atoms with Crippen LogP contribution in [-0.2, 0) is 26.2 Å². The van der Waals surface area contributed by atoms with Crippen molar-refractivity contribution in [2.75, 3.05) is 24.2 Å². The molecule has 0 radical (unpaired) electrons. The van der Waals surface area contributed by atoms with E-state index in [4.69, 9.17) is 4.74 Å². The van der Waals surface area contributed by atoms with E-state index in [-0.39, 0.29) is 18.5 Å². The van der Waals surface area contributed by atoms with Crippen LogP contribution < -0.4 is 14.4 Å². The number of methoxy groups -OCH3 is 1. The first-order chi connectivity index (χ1) is 16.2. The number of amides is 2. The molecular formula is C25H33N3O5S. The lowest BCUT2D eigenvalue weighted by atomic mass is 10.1. The van der Waals surface area contributed by atoms with Crippen LogP contribution in [0.5, 0.6) is 5.75 Å². The van der Waals surface area contributed by atoms with E-state index in [1.807, 2.05) is 12.1 Å². The Morgan fingerprint density at radius 3 is 2.38 bits per heavy atom. The molecular weight excluding hydrogens is 454 g/mol. The van der Waals surface area contributed by atoms with Crippen molar-refractivity contribution < 1.29 is 22.7 Å². The Morgan fingerprint density at radius 2 is 1.76 bits per heavy atom. The highest BCUT2D eigenvalue weighted by Gasteiger charge is 2.31. The number of rotatable bonds is 10.